The first-order chi connectivity index (χ1) is 21.6. The minimum Gasteiger partial charge on any atom is -0.406 e. The predicted octanol–water partition coefficient (Wildman–Crippen LogP) is 6.87. The van der Waals surface area contributed by atoms with Crippen molar-refractivity contribution in [1.82, 2.24) is 20.1 Å². The maximum Gasteiger partial charge on any atom is 0.573 e. The van der Waals surface area contributed by atoms with E-state index in [1.807, 2.05) is 49.4 Å². The van der Waals surface area contributed by atoms with Crippen molar-refractivity contribution in [2.24, 2.45) is 4.99 Å². The van der Waals surface area contributed by atoms with Crippen molar-refractivity contribution in [1.29, 1.82) is 0 Å². The van der Waals surface area contributed by atoms with Crippen LogP contribution in [0, 0.1) is 6.92 Å². The molecule has 1 aliphatic heterocycles. The van der Waals surface area contributed by atoms with Crippen LogP contribution in [0.25, 0.3) is 17.1 Å². The number of rotatable bonds is 10. The molecule has 4 aromatic rings. The second kappa shape index (κ2) is 14.0. The fraction of sp³-hybridized carbons (Fsp3) is 0.281. The minimum absolute atomic E-state index is 0.0952. The highest BCUT2D eigenvalue weighted by Crippen LogP contribution is 2.31. The van der Waals surface area contributed by atoms with Crippen LogP contribution in [0.2, 0.25) is 0 Å². The molecule has 0 saturated carbocycles. The maximum absolute atomic E-state index is 12.8. The van der Waals surface area contributed by atoms with Crippen molar-refractivity contribution in [3.8, 4) is 22.8 Å². The zero-order valence-electron chi connectivity index (χ0n) is 24.7. The van der Waals surface area contributed by atoms with Crippen LogP contribution in [0.1, 0.15) is 36.5 Å². The van der Waals surface area contributed by atoms with Crippen molar-refractivity contribution in [2.75, 3.05) is 17.2 Å². The molecule has 234 valence electrons. The maximum atomic E-state index is 12.8. The number of halogens is 3. The van der Waals surface area contributed by atoms with Gasteiger partial charge in [-0.25, -0.2) is 14.5 Å². The summed E-state index contributed by atoms with van der Waals surface area (Å²) in [5, 5.41) is 7.66. The molecule has 5 rings (SSSR count). The van der Waals surface area contributed by atoms with E-state index in [1.165, 1.54) is 47.0 Å². The summed E-state index contributed by atoms with van der Waals surface area (Å²) in [6, 6.07) is 18.5. The summed E-state index contributed by atoms with van der Waals surface area (Å²) < 4.78 is 42.7. The lowest BCUT2D eigenvalue weighted by Gasteiger charge is -2.20. The van der Waals surface area contributed by atoms with Gasteiger partial charge in [-0.2, -0.15) is 4.99 Å². The second-order valence-corrected chi connectivity index (χ2v) is 11.3. The zero-order valence-corrected chi connectivity index (χ0v) is 25.5. The topological polar surface area (TPSA) is 102 Å². The van der Waals surface area contributed by atoms with E-state index in [1.54, 1.807) is 4.90 Å². The Morgan fingerprint density at radius 1 is 1.09 bits per heavy atom. The van der Waals surface area contributed by atoms with Gasteiger partial charge in [0.05, 0.1) is 17.1 Å². The van der Waals surface area contributed by atoms with Gasteiger partial charge in [0.15, 0.2) is 11.0 Å². The van der Waals surface area contributed by atoms with E-state index in [2.05, 4.69) is 32.1 Å². The number of anilines is 1. The van der Waals surface area contributed by atoms with Crippen LogP contribution in [0.4, 0.5) is 23.7 Å². The molecule has 3 aromatic carbocycles. The third kappa shape index (κ3) is 8.29. The molecule has 9 nitrogen and oxygen atoms in total. The molecule has 0 spiro atoms. The molecule has 0 radical (unpaired) electrons. The van der Waals surface area contributed by atoms with Crippen LogP contribution in [0.15, 0.2) is 78.0 Å². The number of amides is 3. The van der Waals surface area contributed by atoms with E-state index in [0.29, 0.717) is 36.1 Å². The van der Waals surface area contributed by atoms with E-state index < -0.39 is 12.4 Å². The van der Waals surface area contributed by atoms with Gasteiger partial charge in [0.1, 0.15) is 12.1 Å². The van der Waals surface area contributed by atoms with Gasteiger partial charge in [-0.15, -0.1) is 18.3 Å². The molecular formula is C32H31F3N6O3S. The van der Waals surface area contributed by atoms with Crippen LogP contribution in [-0.4, -0.2) is 50.5 Å². The van der Waals surface area contributed by atoms with E-state index in [4.69, 9.17) is 0 Å². The number of amidine groups is 1. The number of nitrogens with one attached hydrogen (secondary N) is 1. The molecule has 2 heterocycles. The predicted molar refractivity (Wildman–Crippen MR) is 168 cm³/mol. The molecule has 1 aromatic heterocycles. The number of hydrogen-bond acceptors (Lipinski definition) is 6. The van der Waals surface area contributed by atoms with Gasteiger partial charge in [0.2, 0.25) is 5.91 Å². The van der Waals surface area contributed by atoms with Crippen molar-refractivity contribution in [2.45, 2.75) is 45.9 Å². The molecule has 1 saturated heterocycles. The van der Waals surface area contributed by atoms with Crippen LogP contribution in [0.5, 0.6) is 5.75 Å². The summed E-state index contributed by atoms with van der Waals surface area (Å²) in [5.74, 6) is 0.279. The number of aliphatic imine (C=N–C) groups is 1. The SMILES string of the molecule is CCCc1ccc(C)cc1N1C(=O)CS/C1=N\C(=O)NCCCc1cccc(-c2ncn(-c3ccc(OC(F)(F)F)cc3)n2)c1. The van der Waals surface area contributed by atoms with Crippen LogP contribution >= 0.6 is 11.8 Å². The number of benzene rings is 3. The van der Waals surface area contributed by atoms with E-state index in [9.17, 15) is 22.8 Å². The zero-order chi connectivity index (χ0) is 32.0. The van der Waals surface area contributed by atoms with Gasteiger partial charge in [0.25, 0.3) is 0 Å². The van der Waals surface area contributed by atoms with Crippen LogP contribution in [0.3, 0.4) is 0 Å². The summed E-state index contributed by atoms with van der Waals surface area (Å²) in [5.41, 5.74) is 5.18. The Bertz CT molecular complexity index is 1700. The number of nitrogens with zero attached hydrogens (tertiary/aromatic N) is 5. The van der Waals surface area contributed by atoms with Gasteiger partial charge in [-0.3, -0.25) is 9.69 Å². The van der Waals surface area contributed by atoms with Gasteiger partial charge in [-0.1, -0.05) is 55.4 Å². The van der Waals surface area contributed by atoms with Crippen molar-refractivity contribution in [3.05, 3.63) is 89.7 Å². The van der Waals surface area contributed by atoms with E-state index in [-0.39, 0.29) is 17.4 Å². The fourth-order valence-corrected chi connectivity index (χ4v) is 5.70. The Balaban J connectivity index is 1.16. The third-order valence-electron chi connectivity index (χ3n) is 6.89. The number of carbonyl (C=O) groups excluding carboxylic acids is 2. The lowest BCUT2D eigenvalue weighted by Crippen LogP contribution is -2.32. The first kappa shape index (κ1) is 31.8. The summed E-state index contributed by atoms with van der Waals surface area (Å²) in [7, 11) is 0. The lowest BCUT2D eigenvalue weighted by atomic mass is 10.0. The monoisotopic (exact) mass is 636 g/mol. The minimum atomic E-state index is -4.76. The van der Waals surface area contributed by atoms with E-state index >= 15 is 0 Å². The van der Waals surface area contributed by atoms with Gasteiger partial charge < -0.3 is 10.1 Å². The third-order valence-corrected chi connectivity index (χ3v) is 7.82. The van der Waals surface area contributed by atoms with Crippen LogP contribution in [-0.2, 0) is 17.6 Å². The molecule has 0 bridgehead atoms. The number of aryl methyl sites for hydroxylation is 3. The number of thioether (sulfide) groups is 1. The molecular weight excluding hydrogens is 605 g/mol. The standard InChI is InChI=1S/C32H31F3N6O3S/c1-3-6-23-11-10-21(2)17-27(23)41-28(42)19-45-31(41)38-30(43)36-16-5-8-22-7-4-9-24(18-22)29-37-20-40(39-29)25-12-14-26(15-13-25)44-32(33,34)35/h4,7,9-15,17-18,20H,3,5-6,8,16,19H2,1-2H3,(H,36,43)/b38-31-. The summed E-state index contributed by atoms with van der Waals surface area (Å²) in [6.45, 7) is 4.45. The Kier molecular flexibility index (Phi) is 9.87. The number of carbonyl (C=O) groups is 2. The van der Waals surface area contributed by atoms with Gasteiger partial charge >= 0.3 is 12.4 Å². The van der Waals surface area contributed by atoms with Crippen LogP contribution < -0.4 is 15.0 Å². The Morgan fingerprint density at radius 2 is 1.89 bits per heavy atom. The fourth-order valence-electron chi connectivity index (χ4n) is 4.84. The van der Waals surface area contributed by atoms with Crippen molar-refractivity contribution >= 4 is 34.6 Å². The Morgan fingerprint density at radius 3 is 2.64 bits per heavy atom. The molecule has 0 atom stereocenters. The summed E-state index contributed by atoms with van der Waals surface area (Å²) in [4.78, 5) is 35.6. The second-order valence-electron chi connectivity index (χ2n) is 10.4. The number of alkyl halides is 3. The van der Waals surface area contributed by atoms with Gasteiger partial charge in [0, 0.05) is 12.1 Å². The molecule has 45 heavy (non-hydrogen) atoms. The lowest BCUT2D eigenvalue weighted by molar-refractivity contribution is -0.274. The Hall–Kier alpha value is -4.65. The molecule has 0 unspecified atom stereocenters. The number of aromatic nitrogens is 3. The molecule has 1 fully saturated rings. The average Bonchev–Trinajstić information content (AvgIpc) is 3.63. The number of hydrogen-bond donors (Lipinski definition) is 1. The van der Waals surface area contributed by atoms with E-state index in [0.717, 1.165) is 40.8 Å². The molecule has 1 N–H and O–H groups in total. The quantitative estimate of drug-likeness (QED) is 0.191. The summed E-state index contributed by atoms with van der Waals surface area (Å²) >= 11 is 1.26. The van der Waals surface area contributed by atoms with Crippen molar-refractivity contribution < 1.29 is 27.5 Å². The largest absolute Gasteiger partial charge is 0.573 e. The first-order valence-corrected chi connectivity index (χ1v) is 15.4. The average molecular weight is 637 g/mol. The van der Waals surface area contributed by atoms with Crippen molar-refractivity contribution in [3.63, 3.8) is 0 Å². The molecule has 1 aliphatic rings. The Labute approximate surface area is 262 Å². The summed E-state index contributed by atoms with van der Waals surface area (Å²) in [6.07, 6.45) is -0.189. The molecule has 13 heteroatoms. The number of urea groups is 1. The highest BCUT2D eigenvalue weighted by molar-refractivity contribution is 8.15. The number of ether oxygens (including phenoxy) is 1. The molecule has 3 amide bonds. The first-order valence-electron chi connectivity index (χ1n) is 14.4. The van der Waals surface area contributed by atoms with Gasteiger partial charge in [-0.05, 0) is 79.3 Å². The highest BCUT2D eigenvalue weighted by Gasteiger charge is 2.32. The normalized spacial score (nSPS) is 14.3. The highest BCUT2D eigenvalue weighted by atomic mass is 32.2. The smallest absolute Gasteiger partial charge is 0.406 e. The molecule has 0 aliphatic carbocycles.